The summed E-state index contributed by atoms with van der Waals surface area (Å²) in [5.41, 5.74) is 8.20. The average Bonchev–Trinajstić information content (AvgIpc) is 3.29. The van der Waals surface area contributed by atoms with Gasteiger partial charge < -0.3 is 17.6 Å². The summed E-state index contributed by atoms with van der Waals surface area (Å²) >= 11 is 5.77. The third kappa shape index (κ3) is 4.65. The van der Waals surface area contributed by atoms with E-state index in [0.717, 1.165) is 42.9 Å². The van der Waals surface area contributed by atoms with Crippen LogP contribution in [-0.2, 0) is 13.0 Å². The molecule has 3 fully saturated rings. The van der Waals surface area contributed by atoms with Crippen LogP contribution in [0.4, 0.5) is 11.4 Å². The van der Waals surface area contributed by atoms with Crippen molar-refractivity contribution >= 4 is 38.9 Å². The molecule has 7 atom stereocenters. The van der Waals surface area contributed by atoms with Gasteiger partial charge >= 0.3 is 15.9 Å². The topological polar surface area (TPSA) is 60.0 Å². The van der Waals surface area contributed by atoms with Gasteiger partial charge in [-0.1, -0.05) is 76.4 Å². The van der Waals surface area contributed by atoms with Crippen molar-refractivity contribution in [3.05, 3.63) is 70.9 Å². The standard InChI is InChI=1S/C31H39ClN3O3.Al/c1-5-7-16-34-24-15-14-19(32)17-22(24)31(3,4)25(34)18-21-28(36)27(29(21)37)26-23(11-6-2)33-35(30(26)38)20-12-9-8-10-13-20;/h8-10,12-15,17-18,21,23,26-30,33H,5-7,11,16H2,1-4H3;/q-3;+2. The largest absolute Gasteiger partial charge is 0.851 e. The molecule has 8 heteroatoms. The number of rotatable bonds is 7. The van der Waals surface area contributed by atoms with Gasteiger partial charge in [-0.15, -0.1) is 6.10 Å². The van der Waals surface area contributed by atoms with Crippen LogP contribution in [0.2, 0.25) is 5.02 Å². The van der Waals surface area contributed by atoms with Gasteiger partial charge in [0.15, 0.2) is 0 Å². The molecule has 7 unspecified atom stereocenters. The number of para-hydroxylation sites is 1. The van der Waals surface area contributed by atoms with Gasteiger partial charge in [0.2, 0.25) is 0 Å². The Balaban J connectivity index is 1.32. The number of nitrogens with zero attached hydrogens (tertiary/aromatic N) is 2. The number of allylic oxidation sites excluding steroid dienone is 1. The average molecular weight is 564 g/mol. The molecule has 3 aliphatic heterocycles. The first-order chi connectivity index (χ1) is 18.9. The molecule has 2 aromatic rings. The number of nitrogens with one attached hydrogen (secondary N) is 1. The molecule has 1 aliphatic carbocycles. The van der Waals surface area contributed by atoms with Gasteiger partial charge in [-0.2, -0.15) is 0 Å². The molecule has 2 saturated heterocycles. The smallest absolute Gasteiger partial charge is 0.670 e. The van der Waals surface area contributed by atoms with E-state index in [1.807, 2.05) is 24.3 Å². The van der Waals surface area contributed by atoms with E-state index in [0.29, 0.717) is 0 Å². The Morgan fingerprint density at radius 1 is 1.08 bits per heavy atom. The Bertz CT molecular complexity index is 1210. The highest BCUT2D eigenvalue weighted by atomic mass is 35.5. The third-order valence-corrected chi connectivity index (χ3v) is 10.3. The Labute approximate surface area is 244 Å². The monoisotopic (exact) mass is 563 g/mol. The highest BCUT2D eigenvalue weighted by Gasteiger charge is 2.58. The van der Waals surface area contributed by atoms with Crippen LogP contribution < -0.4 is 20.4 Å². The van der Waals surface area contributed by atoms with Gasteiger partial charge in [-0.3, -0.25) is 5.01 Å². The summed E-state index contributed by atoms with van der Waals surface area (Å²) in [5.74, 6) is -0.179. The molecule has 6 rings (SSSR count). The fourth-order valence-corrected chi connectivity index (χ4v) is 8.43. The number of anilines is 2. The molecular weight excluding hydrogens is 525 g/mol. The van der Waals surface area contributed by atoms with E-state index in [1.54, 1.807) is 0 Å². The SMILES string of the molecule is CCCCN1C(=CC2C([O-])C3C2[O][Al][O]C2C3C(CCC)NN2c2ccccc2)C(C)(C)c2cc(Cl)ccc21. The van der Waals surface area contributed by atoms with Crippen molar-refractivity contribution in [2.24, 2.45) is 17.8 Å². The summed E-state index contributed by atoms with van der Waals surface area (Å²) in [5, 5.41) is 17.1. The van der Waals surface area contributed by atoms with Gasteiger partial charge in [-0.05, 0) is 60.6 Å². The first-order valence-electron chi connectivity index (χ1n) is 14.6. The van der Waals surface area contributed by atoms with Crippen molar-refractivity contribution in [1.29, 1.82) is 0 Å². The lowest BCUT2D eigenvalue weighted by atomic mass is 9.60. The van der Waals surface area contributed by atoms with Gasteiger partial charge in [0, 0.05) is 46.4 Å². The lowest BCUT2D eigenvalue weighted by molar-refractivity contribution is -0.482. The molecule has 1 radical (unpaired) electrons. The number of hydrazine groups is 1. The molecule has 2 aromatic carbocycles. The van der Waals surface area contributed by atoms with Gasteiger partial charge in [0.05, 0.1) is 5.69 Å². The van der Waals surface area contributed by atoms with Crippen LogP contribution >= 0.6 is 11.6 Å². The van der Waals surface area contributed by atoms with Crippen LogP contribution in [0.5, 0.6) is 0 Å². The molecule has 0 amide bonds. The number of halogens is 1. The number of hydrogen-bond acceptors (Lipinski definition) is 6. The van der Waals surface area contributed by atoms with Gasteiger partial charge in [0.1, 0.15) is 6.23 Å². The predicted molar refractivity (Wildman–Crippen MR) is 155 cm³/mol. The second-order valence-electron chi connectivity index (χ2n) is 12.0. The van der Waals surface area contributed by atoms with Crippen molar-refractivity contribution < 1.29 is 12.7 Å². The maximum atomic E-state index is 14.2. The highest BCUT2D eigenvalue weighted by Crippen LogP contribution is 2.53. The molecule has 0 spiro atoms. The molecule has 1 N–H and O–H groups in total. The Hall–Kier alpha value is -1.56. The van der Waals surface area contributed by atoms with Crippen molar-refractivity contribution in [3.63, 3.8) is 0 Å². The molecular formula is C31H39AlClN3O3-. The zero-order chi connectivity index (χ0) is 27.3. The summed E-state index contributed by atoms with van der Waals surface area (Å²) in [6.45, 7) is 9.86. The lowest BCUT2D eigenvalue weighted by Gasteiger charge is -2.58. The zero-order valence-electron chi connectivity index (χ0n) is 23.3. The number of hydrogen-bond donors (Lipinski definition) is 1. The summed E-state index contributed by atoms with van der Waals surface area (Å²) in [4.78, 5) is 2.42. The van der Waals surface area contributed by atoms with Crippen molar-refractivity contribution in [3.8, 4) is 0 Å². The van der Waals surface area contributed by atoms with Crippen LogP contribution in [0.15, 0.2) is 60.3 Å². The molecule has 0 aromatic heterocycles. The van der Waals surface area contributed by atoms with Crippen LogP contribution in [0.25, 0.3) is 0 Å². The van der Waals surface area contributed by atoms with E-state index < -0.39 is 22.0 Å². The quantitative estimate of drug-likeness (QED) is 0.468. The van der Waals surface area contributed by atoms with E-state index in [9.17, 15) is 5.11 Å². The second kappa shape index (κ2) is 11.0. The lowest BCUT2D eigenvalue weighted by Crippen LogP contribution is -2.66. The Morgan fingerprint density at radius 2 is 1.87 bits per heavy atom. The minimum absolute atomic E-state index is 0.0879. The van der Waals surface area contributed by atoms with Crippen molar-refractivity contribution in [2.45, 2.75) is 83.3 Å². The van der Waals surface area contributed by atoms with Crippen molar-refractivity contribution in [1.82, 2.24) is 5.43 Å². The summed E-state index contributed by atoms with van der Waals surface area (Å²) in [7, 11) is 0. The fraction of sp³-hybridized carbons (Fsp3) is 0.548. The molecule has 3 heterocycles. The summed E-state index contributed by atoms with van der Waals surface area (Å²) in [6.07, 6.45) is 5.48. The molecule has 207 valence electrons. The Morgan fingerprint density at radius 3 is 2.62 bits per heavy atom. The highest BCUT2D eigenvalue weighted by molar-refractivity contribution is 6.30. The van der Waals surface area contributed by atoms with Crippen LogP contribution in [0.3, 0.4) is 0 Å². The second-order valence-corrected chi connectivity index (χ2v) is 13.2. The van der Waals surface area contributed by atoms with Gasteiger partial charge in [-0.25, -0.2) is 5.43 Å². The third-order valence-electron chi connectivity index (χ3n) is 9.30. The molecule has 39 heavy (non-hydrogen) atoms. The molecule has 0 bridgehead atoms. The van der Waals surface area contributed by atoms with Crippen LogP contribution in [-0.4, -0.2) is 46.9 Å². The first-order valence-corrected chi connectivity index (χ1v) is 15.9. The molecule has 6 nitrogen and oxygen atoms in total. The molecule has 1 saturated carbocycles. The maximum Gasteiger partial charge on any atom is 0.670 e. The summed E-state index contributed by atoms with van der Waals surface area (Å²) < 4.78 is 12.9. The van der Waals surface area contributed by atoms with Gasteiger partial charge in [0.25, 0.3) is 0 Å². The zero-order valence-corrected chi connectivity index (χ0v) is 25.3. The fourth-order valence-electron chi connectivity index (χ4n) is 7.29. The van der Waals surface area contributed by atoms with E-state index in [2.05, 4.69) is 73.4 Å². The first kappa shape index (κ1) is 27.6. The number of fused-ring (bicyclic) bond motifs is 4. The van der Waals surface area contributed by atoms with Crippen molar-refractivity contribution in [2.75, 3.05) is 16.5 Å². The number of benzene rings is 2. The van der Waals surface area contributed by atoms with Crippen LogP contribution in [0, 0.1) is 17.8 Å². The van der Waals surface area contributed by atoms with E-state index in [1.165, 1.54) is 16.9 Å². The minimum atomic E-state index is -0.732. The van der Waals surface area contributed by atoms with E-state index in [-0.39, 0.29) is 41.5 Å². The Kier molecular flexibility index (Phi) is 7.80. The summed E-state index contributed by atoms with van der Waals surface area (Å²) in [6, 6.07) is 16.7. The van der Waals surface area contributed by atoms with E-state index >= 15 is 0 Å². The normalized spacial score (nSPS) is 33.7. The van der Waals surface area contributed by atoms with E-state index in [4.69, 9.17) is 19.2 Å². The van der Waals surface area contributed by atoms with Crippen LogP contribution in [0.1, 0.15) is 58.9 Å². The minimum Gasteiger partial charge on any atom is -0.851 e. The maximum absolute atomic E-state index is 14.2. The number of unbranched alkanes of at least 4 members (excludes halogenated alkanes) is 1. The predicted octanol–water partition coefficient (Wildman–Crippen LogP) is 5.18. The molecule has 4 aliphatic rings.